The topological polar surface area (TPSA) is 102 Å². The summed E-state index contributed by atoms with van der Waals surface area (Å²) < 4.78 is 13.5. The monoisotopic (exact) mass is 279 g/mol. The summed E-state index contributed by atoms with van der Waals surface area (Å²) in [5, 5.41) is 22.0. The van der Waals surface area contributed by atoms with E-state index in [0.29, 0.717) is 0 Å². The second-order valence-electron chi connectivity index (χ2n) is 4.46. The van der Waals surface area contributed by atoms with Crippen LogP contribution in [-0.4, -0.2) is 23.1 Å². The molecule has 0 aliphatic heterocycles. The first kappa shape index (κ1) is 15.4. The molecule has 0 bridgehead atoms. The number of carbonyl (C=O) groups excluding carboxylic acids is 1. The van der Waals surface area contributed by atoms with Crippen molar-refractivity contribution in [2.75, 3.05) is 5.32 Å². The number of hydrogen-bond acceptors (Lipinski definition) is 3. The summed E-state index contributed by atoms with van der Waals surface area (Å²) in [4.78, 5) is 22.5. The first-order chi connectivity index (χ1) is 9.35. The van der Waals surface area contributed by atoms with E-state index in [-0.39, 0.29) is 17.2 Å². The summed E-state index contributed by atoms with van der Waals surface area (Å²) in [6.45, 7) is 3.28. The Labute approximate surface area is 115 Å². The maximum Gasteiger partial charge on any atom is 0.326 e. The lowest BCUT2D eigenvalue weighted by molar-refractivity contribution is -0.140. The van der Waals surface area contributed by atoms with Crippen LogP contribution in [0.1, 0.15) is 19.4 Å². The Morgan fingerprint density at radius 3 is 2.50 bits per heavy atom. The van der Waals surface area contributed by atoms with Gasteiger partial charge in [-0.2, -0.15) is 5.26 Å². The number of anilines is 1. The molecule has 0 aliphatic carbocycles. The number of carboxylic acids is 1. The number of carbonyl (C=O) groups is 2. The van der Waals surface area contributed by atoms with Gasteiger partial charge in [0, 0.05) is 0 Å². The SMILES string of the molecule is CC(C)[C@@H](NC(=O)Nc1ccc(C#N)cc1F)C(=O)O. The molecule has 0 radical (unpaired) electrons. The van der Waals surface area contributed by atoms with Crippen molar-refractivity contribution in [2.24, 2.45) is 5.92 Å². The molecule has 20 heavy (non-hydrogen) atoms. The lowest BCUT2D eigenvalue weighted by atomic mass is 10.1. The molecule has 0 saturated carbocycles. The molecule has 0 heterocycles. The number of urea groups is 1. The van der Waals surface area contributed by atoms with Crippen LogP contribution in [0.25, 0.3) is 0 Å². The number of nitrogens with one attached hydrogen (secondary N) is 2. The second-order valence-corrected chi connectivity index (χ2v) is 4.46. The fraction of sp³-hybridized carbons (Fsp3) is 0.308. The van der Waals surface area contributed by atoms with E-state index in [0.717, 1.165) is 6.07 Å². The fourth-order valence-corrected chi connectivity index (χ4v) is 1.50. The molecule has 3 N–H and O–H groups in total. The summed E-state index contributed by atoms with van der Waals surface area (Å²) in [6.07, 6.45) is 0. The van der Waals surface area contributed by atoms with Gasteiger partial charge in [0.1, 0.15) is 11.9 Å². The molecule has 2 amide bonds. The van der Waals surface area contributed by atoms with E-state index in [2.05, 4.69) is 10.6 Å². The minimum Gasteiger partial charge on any atom is -0.480 e. The molecule has 6 nitrogen and oxygen atoms in total. The van der Waals surface area contributed by atoms with Crippen molar-refractivity contribution in [3.8, 4) is 6.07 Å². The van der Waals surface area contributed by atoms with Crippen molar-refractivity contribution in [3.63, 3.8) is 0 Å². The lowest BCUT2D eigenvalue weighted by Crippen LogP contribution is -2.46. The number of nitriles is 1. The third kappa shape index (κ3) is 3.95. The minimum atomic E-state index is -1.17. The molecule has 1 aromatic carbocycles. The molecular formula is C13H14FN3O3. The van der Waals surface area contributed by atoms with Gasteiger partial charge in [-0.25, -0.2) is 14.0 Å². The van der Waals surface area contributed by atoms with Crippen LogP contribution in [0.3, 0.4) is 0 Å². The molecule has 106 valence electrons. The van der Waals surface area contributed by atoms with Gasteiger partial charge in [0.05, 0.1) is 17.3 Å². The normalized spacial score (nSPS) is 11.6. The van der Waals surface area contributed by atoms with Crippen LogP contribution in [0, 0.1) is 23.1 Å². The maximum absolute atomic E-state index is 13.5. The highest BCUT2D eigenvalue weighted by Gasteiger charge is 2.23. The number of carboxylic acid groups (broad SMARTS) is 1. The predicted molar refractivity (Wildman–Crippen MR) is 69.5 cm³/mol. The van der Waals surface area contributed by atoms with E-state index in [1.54, 1.807) is 19.9 Å². The van der Waals surface area contributed by atoms with Crippen molar-refractivity contribution in [3.05, 3.63) is 29.6 Å². The predicted octanol–water partition coefficient (Wildman–Crippen LogP) is 1.93. The Bertz CT molecular complexity index is 566. The third-order valence-corrected chi connectivity index (χ3v) is 2.57. The number of benzene rings is 1. The van der Waals surface area contributed by atoms with Crippen molar-refractivity contribution in [1.29, 1.82) is 5.26 Å². The fourth-order valence-electron chi connectivity index (χ4n) is 1.50. The van der Waals surface area contributed by atoms with Gasteiger partial charge >= 0.3 is 12.0 Å². The highest BCUT2D eigenvalue weighted by Crippen LogP contribution is 2.15. The van der Waals surface area contributed by atoms with E-state index in [1.807, 2.05) is 0 Å². The van der Waals surface area contributed by atoms with Gasteiger partial charge in [0.25, 0.3) is 0 Å². The maximum atomic E-state index is 13.5. The van der Waals surface area contributed by atoms with Gasteiger partial charge in [-0.15, -0.1) is 0 Å². The first-order valence-corrected chi connectivity index (χ1v) is 5.85. The van der Waals surface area contributed by atoms with Gasteiger partial charge in [-0.3, -0.25) is 0 Å². The quantitative estimate of drug-likeness (QED) is 0.783. The standard InChI is InChI=1S/C13H14FN3O3/c1-7(2)11(12(18)19)17-13(20)16-10-4-3-8(6-15)5-9(10)14/h3-5,7,11H,1-2H3,(H,18,19)(H2,16,17,20)/t11-/m1/s1. The van der Waals surface area contributed by atoms with Gasteiger partial charge in [0.2, 0.25) is 0 Å². The van der Waals surface area contributed by atoms with Crippen LogP contribution in [-0.2, 0) is 4.79 Å². The number of aliphatic carboxylic acids is 1. The van der Waals surface area contributed by atoms with Crippen molar-refractivity contribution in [1.82, 2.24) is 5.32 Å². The molecule has 0 spiro atoms. The van der Waals surface area contributed by atoms with Crippen LogP contribution < -0.4 is 10.6 Å². The Kier molecular flexibility index (Phi) is 5.03. The average Bonchev–Trinajstić information content (AvgIpc) is 2.37. The number of halogens is 1. The van der Waals surface area contributed by atoms with Crippen molar-refractivity contribution in [2.45, 2.75) is 19.9 Å². The molecule has 7 heteroatoms. The van der Waals surface area contributed by atoms with Crippen LogP contribution in [0.5, 0.6) is 0 Å². The summed E-state index contributed by atoms with van der Waals surface area (Å²) in [5.41, 5.74) is -0.00607. The summed E-state index contributed by atoms with van der Waals surface area (Å²) in [5.74, 6) is -2.25. The van der Waals surface area contributed by atoms with Crippen LogP contribution in [0.4, 0.5) is 14.9 Å². The zero-order valence-electron chi connectivity index (χ0n) is 11.0. The van der Waals surface area contributed by atoms with Crippen LogP contribution in [0.15, 0.2) is 18.2 Å². The van der Waals surface area contributed by atoms with E-state index in [4.69, 9.17) is 10.4 Å². The van der Waals surface area contributed by atoms with Gasteiger partial charge in [-0.1, -0.05) is 13.8 Å². The highest BCUT2D eigenvalue weighted by atomic mass is 19.1. The van der Waals surface area contributed by atoms with Crippen molar-refractivity contribution < 1.29 is 19.1 Å². The molecule has 0 unspecified atom stereocenters. The molecule has 0 saturated heterocycles. The van der Waals surface area contributed by atoms with Crippen molar-refractivity contribution >= 4 is 17.7 Å². The number of hydrogen-bond donors (Lipinski definition) is 3. The summed E-state index contributed by atoms with van der Waals surface area (Å²) in [6, 6.07) is 3.42. The van der Waals surface area contributed by atoms with Crippen LogP contribution >= 0.6 is 0 Å². The Hall–Kier alpha value is -2.62. The molecule has 0 fully saturated rings. The van der Waals surface area contributed by atoms with E-state index >= 15 is 0 Å². The zero-order valence-corrected chi connectivity index (χ0v) is 11.0. The molecule has 1 aromatic rings. The lowest BCUT2D eigenvalue weighted by Gasteiger charge is -2.18. The third-order valence-electron chi connectivity index (χ3n) is 2.57. The van der Waals surface area contributed by atoms with Crippen LogP contribution in [0.2, 0.25) is 0 Å². The molecule has 0 aromatic heterocycles. The molecule has 0 aliphatic rings. The Morgan fingerprint density at radius 2 is 2.05 bits per heavy atom. The Balaban J connectivity index is 2.76. The molecular weight excluding hydrogens is 265 g/mol. The van der Waals surface area contributed by atoms with Gasteiger partial charge in [0.15, 0.2) is 0 Å². The Morgan fingerprint density at radius 1 is 1.40 bits per heavy atom. The number of amides is 2. The first-order valence-electron chi connectivity index (χ1n) is 5.85. The summed E-state index contributed by atoms with van der Waals surface area (Å²) >= 11 is 0. The highest BCUT2D eigenvalue weighted by molar-refractivity contribution is 5.92. The average molecular weight is 279 g/mol. The largest absolute Gasteiger partial charge is 0.480 e. The van der Waals surface area contributed by atoms with Gasteiger partial charge in [-0.05, 0) is 24.1 Å². The van der Waals surface area contributed by atoms with E-state index in [9.17, 15) is 14.0 Å². The summed E-state index contributed by atoms with van der Waals surface area (Å²) in [7, 11) is 0. The second kappa shape index (κ2) is 6.52. The minimum absolute atomic E-state index is 0.124. The van der Waals surface area contributed by atoms with E-state index < -0.39 is 23.9 Å². The van der Waals surface area contributed by atoms with Gasteiger partial charge < -0.3 is 15.7 Å². The smallest absolute Gasteiger partial charge is 0.326 e. The zero-order chi connectivity index (χ0) is 15.3. The number of nitrogens with zero attached hydrogens (tertiary/aromatic N) is 1. The number of rotatable bonds is 4. The molecule has 1 atom stereocenters. The van der Waals surface area contributed by atoms with E-state index in [1.165, 1.54) is 12.1 Å². The molecule has 1 rings (SSSR count).